The molecule has 0 saturated carbocycles. The van der Waals surface area contributed by atoms with Gasteiger partial charge in [0.15, 0.2) is 0 Å². The summed E-state index contributed by atoms with van der Waals surface area (Å²) in [5.41, 5.74) is 3.74. The van der Waals surface area contributed by atoms with E-state index in [0.717, 1.165) is 23.3 Å². The van der Waals surface area contributed by atoms with Gasteiger partial charge in [0.25, 0.3) is 0 Å². The Balaban J connectivity index is 2.33. The molecule has 1 aromatic carbocycles. The summed E-state index contributed by atoms with van der Waals surface area (Å²) in [6.07, 6.45) is 1.59. The summed E-state index contributed by atoms with van der Waals surface area (Å²) in [4.78, 5) is 2.27. The number of hydrogen-bond donors (Lipinski definition) is 1. The van der Waals surface area contributed by atoms with E-state index in [0.29, 0.717) is 0 Å². The van der Waals surface area contributed by atoms with Crippen LogP contribution in [0.1, 0.15) is 46.4 Å². The fourth-order valence-corrected chi connectivity index (χ4v) is 3.15. The lowest BCUT2D eigenvalue weighted by molar-refractivity contribution is 0.224. The SMILES string of the molecule is CCc1ccc(C(O)c2ccc(C)s2)cc1CC. The third-order valence-electron chi connectivity index (χ3n) is 3.34. The molecular weight excluding hydrogens is 240 g/mol. The number of thiophene rings is 1. The summed E-state index contributed by atoms with van der Waals surface area (Å²) >= 11 is 1.66. The summed E-state index contributed by atoms with van der Waals surface area (Å²) in [7, 11) is 0. The summed E-state index contributed by atoms with van der Waals surface area (Å²) in [5, 5.41) is 10.4. The van der Waals surface area contributed by atoms with E-state index in [1.165, 1.54) is 16.0 Å². The molecule has 0 saturated heterocycles. The van der Waals surface area contributed by atoms with Gasteiger partial charge in [-0.15, -0.1) is 11.3 Å². The number of aliphatic hydroxyl groups excluding tert-OH is 1. The van der Waals surface area contributed by atoms with Gasteiger partial charge in [0.1, 0.15) is 6.10 Å². The Morgan fingerprint density at radius 3 is 2.33 bits per heavy atom. The van der Waals surface area contributed by atoms with Crippen molar-refractivity contribution in [1.82, 2.24) is 0 Å². The standard InChI is InChI=1S/C16H20OS/c1-4-12-7-8-14(10-13(12)5-2)16(17)15-9-6-11(3)18-15/h6-10,16-17H,4-5H2,1-3H3. The summed E-state index contributed by atoms with van der Waals surface area (Å²) in [6.45, 7) is 6.41. The Morgan fingerprint density at radius 2 is 1.78 bits per heavy atom. The first-order valence-corrected chi connectivity index (χ1v) is 7.33. The number of benzene rings is 1. The molecule has 1 unspecified atom stereocenters. The third kappa shape index (κ3) is 2.65. The number of rotatable bonds is 4. The van der Waals surface area contributed by atoms with Gasteiger partial charge in [0, 0.05) is 9.75 Å². The summed E-state index contributed by atoms with van der Waals surface area (Å²) in [5.74, 6) is 0. The number of aliphatic hydroxyl groups is 1. The molecule has 1 nitrogen and oxygen atoms in total. The molecule has 1 atom stereocenters. The Hall–Kier alpha value is -1.12. The van der Waals surface area contributed by atoms with Crippen LogP contribution in [0.15, 0.2) is 30.3 Å². The molecular formula is C16H20OS. The van der Waals surface area contributed by atoms with Crippen molar-refractivity contribution >= 4 is 11.3 Å². The molecule has 0 bridgehead atoms. The van der Waals surface area contributed by atoms with Gasteiger partial charge in [0.2, 0.25) is 0 Å². The van der Waals surface area contributed by atoms with E-state index < -0.39 is 6.10 Å². The average Bonchev–Trinajstić information content (AvgIpc) is 2.83. The second-order valence-electron chi connectivity index (χ2n) is 4.59. The Morgan fingerprint density at radius 1 is 1.06 bits per heavy atom. The topological polar surface area (TPSA) is 20.2 Å². The molecule has 2 aromatic rings. The molecule has 0 spiro atoms. The molecule has 2 rings (SSSR count). The van der Waals surface area contributed by atoms with Gasteiger partial charge in [0.05, 0.1) is 0 Å². The number of aryl methyl sites for hydroxylation is 3. The van der Waals surface area contributed by atoms with Crippen LogP contribution in [-0.4, -0.2) is 5.11 Å². The smallest absolute Gasteiger partial charge is 0.113 e. The second kappa shape index (κ2) is 5.68. The lowest BCUT2D eigenvalue weighted by Gasteiger charge is -2.13. The van der Waals surface area contributed by atoms with Crippen molar-refractivity contribution in [1.29, 1.82) is 0 Å². The van der Waals surface area contributed by atoms with E-state index in [1.54, 1.807) is 11.3 Å². The van der Waals surface area contributed by atoms with Gasteiger partial charge in [-0.3, -0.25) is 0 Å². The van der Waals surface area contributed by atoms with Gasteiger partial charge in [-0.1, -0.05) is 32.0 Å². The summed E-state index contributed by atoms with van der Waals surface area (Å²) < 4.78 is 0. The minimum absolute atomic E-state index is 0.486. The highest BCUT2D eigenvalue weighted by molar-refractivity contribution is 7.12. The molecule has 0 aliphatic heterocycles. The molecule has 0 fully saturated rings. The lowest BCUT2D eigenvalue weighted by Crippen LogP contribution is -2.00. The Bertz CT molecular complexity index is 528. The van der Waals surface area contributed by atoms with Crippen molar-refractivity contribution in [2.45, 2.75) is 39.7 Å². The molecule has 1 heterocycles. The monoisotopic (exact) mass is 260 g/mol. The zero-order valence-corrected chi connectivity index (χ0v) is 12.1. The zero-order chi connectivity index (χ0) is 13.1. The number of hydrogen-bond acceptors (Lipinski definition) is 2. The molecule has 0 aliphatic carbocycles. The molecule has 2 heteroatoms. The third-order valence-corrected chi connectivity index (χ3v) is 4.39. The van der Waals surface area contributed by atoms with E-state index in [4.69, 9.17) is 0 Å². The molecule has 1 aromatic heterocycles. The van der Waals surface area contributed by atoms with Crippen LogP contribution < -0.4 is 0 Å². The fourth-order valence-electron chi connectivity index (χ4n) is 2.25. The highest BCUT2D eigenvalue weighted by atomic mass is 32.1. The van der Waals surface area contributed by atoms with Crippen molar-refractivity contribution in [2.24, 2.45) is 0 Å². The maximum atomic E-state index is 10.4. The minimum atomic E-state index is -0.486. The maximum absolute atomic E-state index is 10.4. The quantitative estimate of drug-likeness (QED) is 0.870. The average molecular weight is 260 g/mol. The highest BCUT2D eigenvalue weighted by Crippen LogP contribution is 2.29. The van der Waals surface area contributed by atoms with Crippen LogP contribution in [0.5, 0.6) is 0 Å². The van der Waals surface area contributed by atoms with Crippen LogP contribution in [0.2, 0.25) is 0 Å². The van der Waals surface area contributed by atoms with Crippen molar-refractivity contribution < 1.29 is 5.11 Å². The molecule has 0 aliphatic rings. The Kier molecular flexibility index (Phi) is 4.20. The van der Waals surface area contributed by atoms with Crippen LogP contribution in [0.25, 0.3) is 0 Å². The minimum Gasteiger partial charge on any atom is -0.383 e. The van der Waals surface area contributed by atoms with Gasteiger partial charge in [-0.05, 0) is 48.6 Å². The van der Waals surface area contributed by atoms with E-state index in [2.05, 4.69) is 45.0 Å². The molecule has 18 heavy (non-hydrogen) atoms. The van der Waals surface area contributed by atoms with Gasteiger partial charge in [-0.25, -0.2) is 0 Å². The normalized spacial score (nSPS) is 12.7. The van der Waals surface area contributed by atoms with E-state index in [1.807, 2.05) is 6.07 Å². The molecule has 0 amide bonds. The largest absolute Gasteiger partial charge is 0.383 e. The van der Waals surface area contributed by atoms with E-state index in [9.17, 15) is 5.11 Å². The summed E-state index contributed by atoms with van der Waals surface area (Å²) in [6, 6.07) is 10.4. The van der Waals surface area contributed by atoms with Crippen LogP contribution in [0.3, 0.4) is 0 Å². The van der Waals surface area contributed by atoms with Gasteiger partial charge < -0.3 is 5.11 Å². The van der Waals surface area contributed by atoms with Gasteiger partial charge >= 0.3 is 0 Å². The zero-order valence-electron chi connectivity index (χ0n) is 11.2. The second-order valence-corrected chi connectivity index (χ2v) is 5.91. The predicted molar refractivity (Wildman–Crippen MR) is 78.3 cm³/mol. The first kappa shape index (κ1) is 13.3. The highest BCUT2D eigenvalue weighted by Gasteiger charge is 2.13. The van der Waals surface area contributed by atoms with Gasteiger partial charge in [-0.2, -0.15) is 0 Å². The first-order valence-electron chi connectivity index (χ1n) is 6.51. The lowest BCUT2D eigenvalue weighted by atomic mass is 9.97. The first-order chi connectivity index (χ1) is 8.65. The van der Waals surface area contributed by atoms with Crippen molar-refractivity contribution in [3.8, 4) is 0 Å². The molecule has 96 valence electrons. The van der Waals surface area contributed by atoms with Crippen molar-refractivity contribution in [3.63, 3.8) is 0 Å². The Labute approximate surface area is 113 Å². The fraction of sp³-hybridized carbons (Fsp3) is 0.375. The molecule has 1 N–H and O–H groups in total. The van der Waals surface area contributed by atoms with E-state index in [-0.39, 0.29) is 0 Å². The van der Waals surface area contributed by atoms with Crippen molar-refractivity contribution in [2.75, 3.05) is 0 Å². The predicted octanol–water partition coefficient (Wildman–Crippen LogP) is 4.26. The van der Waals surface area contributed by atoms with E-state index >= 15 is 0 Å². The van der Waals surface area contributed by atoms with Crippen molar-refractivity contribution in [3.05, 3.63) is 56.8 Å². The van der Waals surface area contributed by atoms with Crippen LogP contribution in [0.4, 0.5) is 0 Å². The van der Waals surface area contributed by atoms with Crippen LogP contribution in [-0.2, 0) is 12.8 Å². The van der Waals surface area contributed by atoms with Crippen LogP contribution in [0, 0.1) is 6.92 Å². The maximum Gasteiger partial charge on any atom is 0.113 e. The van der Waals surface area contributed by atoms with Crippen LogP contribution >= 0.6 is 11.3 Å². The molecule has 0 radical (unpaired) electrons.